The summed E-state index contributed by atoms with van der Waals surface area (Å²) in [5.41, 5.74) is 5.17. The van der Waals surface area contributed by atoms with Crippen molar-refractivity contribution in [1.29, 1.82) is 0 Å². The van der Waals surface area contributed by atoms with E-state index in [0.29, 0.717) is 0 Å². The molecule has 1 aliphatic rings. The van der Waals surface area contributed by atoms with E-state index in [1.807, 2.05) is 0 Å². The number of hydrogen-bond donors (Lipinski definition) is 3. The highest BCUT2D eigenvalue weighted by Crippen LogP contribution is 2.27. The van der Waals surface area contributed by atoms with E-state index in [2.05, 4.69) is 25.9 Å². The number of carbonyl (C=O) groups is 1. The Morgan fingerprint density at radius 2 is 2.13 bits per heavy atom. The number of nitrogens with one attached hydrogen (secondary N) is 2. The Hall–Kier alpha value is -1.21. The highest BCUT2D eigenvalue weighted by Gasteiger charge is 2.37. The van der Waals surface area contributed by atoms with Gasteiger partial charge in [0.25, 0.3) is 5.95 Å². The number of aromatic nitrogens is 4. The van der Waals surface area contributed by atoms with Gasteiger partial charge >= 0.3 is 0 Å². The van der Waals surface area contributed by atoms with Crippen LogP contribution in [0.2, 0.25) is 0 Å². The molecule has 1 amide bonds. The van der Waals surface area contributed by atoms with Crippen molar-refractivity contribution in [3.8, 4) is 0 Å². The average molecular weight is 233 g/mol. The fraction of sp³-hybridized carbons (Fsp3) is 0.714. The molecule has 2 rings (SSSR count). The number of halogens is 1. The molecule has 0 aromatic carbocycles. The molecule has 0 aliphatic heterocycles. The van der Waals surface area contributed by atoms with E-state index in [0.717, 1.165) is 25.7 Å². The monoisotopic (exact) mass is 232 g/mol. The number of tetrazole rings is 1. The Labute approximate surface area is 92.6 Å². The molecular weight excluding hydrogens is 220 g/mol. The predicted octanol–water partition coefficient (Wildman–Crippen LogP) is -0.169. The summed E-state index contributed by atoms with van der Waals surface area (Å²) in [5.74, 6) is -0.0527. The number of carbonyl (C=O) groups excluding carboxylic acids is 1. The SMILES string of the molecule is Cl.NC1(C(=O)Nc2nn[nH]n2)CCCC1. The fourth-order valence-corrected chi connectivity index (χ4v) is 1.67. The fourth-order valence-electron chi connectivity index (χ4n) is 1.67. The van der Waals surface area contributed by atoms with Crippen LogP contribution in [-0.4, -0.2) is 32.1 Å². The minimum absolute atomic E-state index is 0. The van der Waals surface area contributed by atoms with Gasteiger partial charge in [-0.2, -0.15) is 5.21 Å². The van der Waals surface area contributed by atoms with Crippen molar-refractivity contribution >= 4 is 24.3 Å². The molecule has 0 radical (unpaired) electrons. The molecule has 0 unspecified atom stereocenters. The van der Waals surface area contributed by atoms with Crippen LogP contribution in [0.1, 0.15) is 25.7 Å². The lowest BCUT2D eigenvalue weighted by molar-refractivity contribution is -0.121. The zero-order chi connectivity index (χ0) is 10.0. The third-order valence-corrected chi connectivity index (χ3v) is 2.52. The number of aromatic amines is 1. The third kappa shape index (κ3) is 2.42. The van der Waals surface area contributed by atoms with Gasteiger partial charge < -0.3 is 5.73 Å². The Morgan fingerprint density at radius 3 is 2.67 bits per heavy atom. The largest absolute Gasteiger partial charge is 0.317 e. The van der Waals surface area contributed by atoms with Gasteiger partial charge in [0.15, 0.2) is 0 Å². The van der Waals surface area contributed by atoms with Crippen LogP contribution >= 0.6 is 12.4 Å². The van der Waals surface area contributed by atoms with Gasteiger partial charge in [0, 0.05) is 0 Å². The predicted molar refractivity (Wildman–Crippen MR) is 55.4 cm³/mol. The molecule has 0 saturated heterocycles. The zero-order valence-electron chi connectivity index (χ0n) is 8.06. The van der Waals surface area contributed by atoms with Crippen LogP contribution in [0.15, 0.2) is 0 Å². The van der Waals surface area contributed by atoms with E-state index in [9.17, 15) is 4.79 Å². The second-order valence-corrected chi connectivity index (χ2v) is 3.55. The molecular formula is C7H13ClN6O. The Bertz CT molecular complexity index is 320. The van der Waals surface area contributed by atoms with Crippen LogP contribution < -0.4 is 11.1 Å². The molecule has 8 heteroatoms. The van der Waals surface area contributed by atoms with Crippen molar-refractivity contribution < 1.29 is 4.79 Å². The standard InChI is InChI=1S/C7H12N6O.ClH/c8-7(3-1-2-4-7)5(14)9-6-10-12-13-11-6;/h1-4,8H2,(H2,9,10,11,12,13,14);1H. The van der Waals surface area contributed by atoms with E-state index in [-0.39, 0.29) is 24.3 Å². The average Bonchev–Trinajstić information content (AvgIpc) is 2.76. The van der Waals surface area contributed by atoms with Crippen LogP contribution in [0, 0.1) is 0 Å². The first-order valence-electron chi connectivity index (χ1n) is 4.54. The topological polar surface area (TPSA) is 110 Å². The maximum Gasteiger partial charge on any atom is 0.269 e. The quantitative estimate of drug-likeness (QED) is 0.656. The lowest BCUT2D eigenvalue weighted by Crippen LogP contribution is -2.48. The number of hydrogen-bond acceptors (Lipinski definition) is 5. The maximum atomic E-state index is 11.7. The van der Waals surface area contributed by atoms with Gasteiger partial charge in [0.1, 0.15) is 0 Å². The van der Waals surface area contributed by atoms with Gasteiger partial charge in [-0.25, -0.2) is 0 Å². The summed E-state index contributed by atoms with van der Waals surface area (Å²) >= 11 is 0. The molecule has 4 N–H and O–H groups in total. The summed E-state index contributed by atoms with van der Waals surface area (Å²) in [5, 5.41) is 15.4. The minimum atomic E-state index is -0.749. The third-order valence-electron chi connectivity index (χ3n) is 2.52. The van der Waals surface area contributed by atoms with Crippen molar-refractivity contribution in [3.05, 3.63) is 0 Å². The highest BCUT2D eigenvalue weighted by atomic mass is 35.5. The van der Waals surface area contributed by atoms with Crippen LogP contribution in [0.4, 0.5) is 5.95 Å². The van der Waals surface area contributed by atoms with Crippen molar-refractivity contribution in [1.82, 2.24) is 20.6 Å². The lowest BCUT2D eigenvalue weighted by atomic mass is 9.98. The van der Waals surface area contributed by atoms with Gasteiger partial charge in [-0.3, -0.25) is 10.1 Å². The molecule has 1 saturated carbocycles. The molecule has 84 valence electrons. The van der Waals surface area contributed by atoms with Crippen molar-refractivity contribution in [2.75, 3.05) is 5.32 Å². The van der Waals surface area contributed by atoms with Crippen LogP contribution in [0.25, 0.3) is 0 Å². The normalized spacial score (nSPS) is 18.2. The Morgan fingerprint density at radius 1 is 1.47 bits per heavy atom. The van der Waals surface area contributed by atoms with Crippen molar-refractivity contribution in [2.24, 2.45) is 5.73 Å². The minimum Gasteiger partial charge on any atom is -0.317 e. The number of nitrogens with two attached hydrogens (primary N) is 1. The van der Waals surface area contributed by atoms with E-state index < -0.39 is 5.54 Å². The Kier molecular flexibility index (Phi) is 3.59. The van der Waals surface area contributed by atoms with E-state index in [1.165, 1.54) is 0 Å². The molecule has 1 aromatic heterocycles. The zero-order valence-corrected chi connectivity index (χ0v) is 8.88. The van der Waals surface area contributed by atoms with Crippen LogP contribution in [0.3, 0.4) is 0 Å². The molecule has 1 heterocycles. The molecule has 7 nitrogen and oxygen atoms in total. The summed E-state index contributed by atoms with van der Waals surface area (Å²) in [4.78, 5) is 11.7. The van der Waals surface area contributed by atoms with Crippen LogP contribution in [0.5, 0.6) is 0 Å². The number of anilines is 1. The second-order valence-electron chi connectivity index (χ2n) is 3.55. The first-order valence-corrected chi connectivity index (χ1v) is 4.54. The summed E-state index contributed by atoms with van der Waals surface area (Å²) in [6, 6.07) is 0. The summed E-state index contributed by atoms with van der Waals surface area (Å²) < 4.78 is 0. The summed E-state index contributed by atoms with van der Waals surface area (Å²) in [7, 11) is 0. The molecule has 1 aliphatic carbocycles. The maximum absolute atomic E-state index is 11.7. The number of amides is 1. The molecule has 1 aromatic rings. The van der Waals surface area contributed by atoms with Gasteiger partial charge in [-0.1, -0.05) is 17.9 Å². The molecule has 0 spiro atoms. The van der Waals surface area contributed by atoms with Gasteiger partial charge in [0.05, 0.1) is 5.54 Å². The van der Waals surface area contributed by atoms with Crippen molar-refractivity contribution in [3.63, 3.8) is 0 Å². The van der Waals surface area contributed by atoms with Crippen molar-refractivity contribution in [2.45, 2.75) is 31.2 Å². The van der Waals surface area contributed by atoms with Gasteiger partial charge in [0.2, 0.25) is 5.91 Å². The summed E-state index contributed by atoms with van der Waals surface area (Å²) in [6.07, 6.45) is 3.43. The molecule has 1 fully saturated rings. The van der Waals surface area contributed by atoms with E-state index >= 15 is 0 Å². The summed E-state index contributed by atoms with van der Waals surface area (Å²) in [6.45, 7) is 0. The lowest BCUT2D eigenvalue weighted by Gasteiger charge is -2.20. The number of H-pyrrole nitrogens is 1. The first kappa shape index (κ1) is 11.9. The van der Waals surface area contributed by atoms with Crippen LogP contribution in [-0.2, 0) is 4.79 Å². The highest BCUT2D eigenvalue weighted by molar-refractivity contribution is 5.96. The smallest absolute Gasteiger partial charge is 0.269 e. The Balaban J connectivity index is 0.00000112. The molecule has 0 bridgehead atoms. The number of nitrogens with zero attached hydrogens (tertiary/aromatic N) is 3. The van der Waals surface area contributed by atoms with Gasteiger partial charge in [-0.05, 0) is 18.1 Å². The van der Waals surface area contributed by atoms with E-state index in [1.54, 1.807) is 0 Å². The van der Waals surface area contributed by atoms with Gasteiger partial charge in [-0.15, -0.1) is 17.5 Å². The number of rotatable bonds is 2. The molecule has 15 heavy (non-hydrogen) atoms. The first-order chi connectivity index (χ1) is 6.71. The van der Waals surface area contributed by atoms with E-state index in [4.69, 9.17) is 5.73 Å². The molecule has 0 atom stereocenters. The second kappa shape index (κ2) is 4.54.